The highest BCUT2D eigenvalue weighted by atomic mass is 16.6. The van der Waals surface area contributed by atoms with Crippen LogP contribution in [-0.2, 0) is 12.0 Å². The average Bonchev–Trinajstić information content (AvgIpc) is 2.97. The zero-order valence-corrected chi connectivity index (χ0v) is 12.3. The van der Waals surface area contributed by atoms with Crippen LogP contribution in [0, 0.1) is 6.92 Å². The molecule has 1 N–H and O–H groups in total. The summed E-state index contributed by atoms with van der Waals surface area (Å²) in [5.74, 6) is 0.622. The zero-order valence-electron chi connectivity index (χ0n) is 12.3. The van der Waals surface area contributed by atoms with Crippen LogP contribution in [-0.4, -0.2) is 30.1 Å². The molecule has 0 aliphatic carbocycles. The molecule has 21 heavy (non-hydrogen) atoms. The van der Waals surface area contributed by atoms with Crippen molar-refractivity contribution < 1.29 is 4.63 Å². The maximum Gasteiger partial charge on any atom is 0.262 e. The molecule has 0 spiro atoms. The Hall–Kier alpha value is -2.51. The highest BCUT2D eigenvalue weighted by molar-refractivity contribution is 5.73. The van der Waals surface area contributed by atoms with E-state index in [0.717, 1.165) is 0 Å². The van der Waals surface area contributed by atoms with E-state index in [1.54, 1.807) is 11.6 Å². The van der Waals surface area contributed by atoms with Gasteiger partial charge in [-0.15, -0.1) is 0 Å². The number of rotatable bonds is 2. The second-order valence-corrected chi connectivity index (χ2v) is 6.00. The molecule has 3 aromatic rings. The Balaban J connectivity index is 2.14. The maximum atomic E-state index is 12.1. The predicted octanol–water partition coefficient (Wildman–Crippen LogP) is 1.16. The Labute approximate surface area is 120 Å². The predicted molar refractivity (Wildman–Crippen MR) is 75.0 cm³/mol. The topological polar surface area (TPSA) is 102 Å². The van der Waals surface area contributed by atoms with Crippen LogP contribution in [0.3, 0.4) is 0 Å². The van der Waals surface area contributed by atoms with E-state index >= 15 is 0 Å². The van der Waals surface area contributed by atoms with Gasteiger partial charge in [-0.25, -0.2) is 14.3 Å². The molecule has 0 bridgehead atoms. The molecular formula is C13H16N6O2. The Morgan fingerprint density at radius 3 is 2.71 bits per heavy atom. The highest BCUT2D eigenvalue weighted by Crippen LogP contribution is 2.19. The minimum Gasteiger partial charge on any atom is -0.309 e. The number of aryl methyl sites for hydroxylation is 1. The molecule has 0 fully saturated rings. The number of H-pyrrole nitrogens is 1. The molecule has 0 aliphatic heterocycles. The minimum absolute atomic E-state index is 0.189. The summed E-state index contributed by atoms with van der Waals surface area (Å²) in [6.07, 6.45) is 1.51. The van der Waals surface area contributed by atoms with Gasteiger partial charge in [-0.05, 0) is 6.92 Å². The van der Waals surface area contributed by atoms with E-state index in [0.29, 0.717) is 34.8 Å². The lowest BCUT2D eigenvalue weighted by Gasteiger charge is -2.16. The lowest BCUT2D eigenvalue weighted by molar-refractivity contribution is 0.300. The molecule has 0 aromatic carbocycles. The van der Waals surface area contributed by atoms with Gasteiger partial charge in [0.1, 0.15) is 22.6 Å². The molecule has 0 saturated carbocycles. The highest BCUT2D eigenvalue weighted by Gasteiger charge is 2.20. The van der Waals surface area contributed by atoms with Gasteiger partial charge in [-0.1, -0.05) is 31.1 Å². The van der Waals surface area contributed by atoms with Crippen molar-refractivity contribution in [1.82, 2.24) is 30.1 Å². The summed E-state index contributed by atoms with van der Waals surface area (Å²) in [6.45, 7) is 8.13. The number of aromatic amines is 1. The fourth-order valence-corrected chi connectivity index (χ4v) is 1.97. The quantitative estimate of drug-likeness (QED) is 0.759. The standard InChI is InChI=1S/C13H16N6O2/c1-7-9(18-21-17-7)6-19-10-8(5-14-19)11(20)16-12(15-10)13(2,3)4/h5H,6H2,1-4H3,(H,15,16,20). The lowest BCUT2D eigenvalue weighted by Crippen LogP contribution is -2.22. The second kappa shape index (κ2) is 4.51. The van der Waals surface area contributed by atoms with Crippen molar-refractivity contribution in [3.63, 3.8) is 0 Å². The normalized spacial score (nSPS) is 12.2. The van der Waals surface area contributed by atoms with Gasteiger partial charge >= 0.3 is 0 Å². The van der Waals surface area contributed by atoms with Gasteiger partial charge in [0.2, 0.25) is 0 Å². The Morgan fingerprint density at radius 2 is 2.10 bits per heavy atom. The van der Waals surface area contributed by atoms with E-state index in [-0.39, 0.29) is 11.0 Å². The van der Waals surface area contributed by atoms with Crippen molar-refractivity contribution in [3.8, 4) is 0 Å². The Kier molecular flexibility index (Phi) is 2.89. The van der Waals surface area contributed by atoms with Crippen LogP contribution in [0.5, 0.6) is 0 Å². The fraction of sp³-hybridized carbons (Fsp3) is 0.462. The summed E-state index contributed by atoms with van der Waals surface area (Å²) in [5.41, 5.74) is 1.45. The van der Waals surface area contributed by atoms with E-state index < -0.39 is 0 Å². The number of hydrogen-bond donors (Lipinski definition) is 1. The third-order valence-electron chi connectivity index (χ3n) is 3.26. The first-order valence-corrected chi connectivity index (χ1v) is 6.60. The van der Waals surface area contributed by atoms with Crippen LogP contribution in [0.15, 0.2) is 15.6 Å². The van der Waals surface area contributed by atoms with Crippen molar-refractivity contribution in [2.75, 3.05) is 0 Å². The second-order valence-electron chi connectivity index (χ2n) is 6.00. The van der Waals surface area contributed by atoms with Crippen molar-refractivity contribution >= 4 is 11.0 Å². The van der Waals surface area contributed by atoms with Crippen molar-refractivity contribution in [3.05, 3.63) is 33.8 Å². The molecule has 8 heteroatoms. The average molecular weight is 288 g/mol. The van der Waals surface area contributed by atoms with Gasteiger partial charge in [0.15, 0.2) is 5.65 Å². The summed E-state index contributed by atoms with van der Waals surface area (Å²) >= 11 is 0. The lowest BCUT2D eigenvalue weighted by atomic mass is 9.96. The molecule has 110 valence electrons. The van der Waals surface area contributed by atoms with Gasteiger partial charge in [-0.3, -0.25) is 4.79 Å². The Morgan fingerprint density at radius 1 is 1.33 bits per heavy atom. The third kappa shape index (κ3) is 2.32. The summed E-state index contributed by atoms with van der Waals surface area (Å²) < 4.78 is 6.31. The van der Waals surface area contributed by atoms with E-state index in [1.165, 1.54) is 6.20 Å². The number of nitrogens with zero attached hydrogens (tertiary/aromatic N) is 5. The van der Waals surface area contributed by atoms with E-state index in [2.05, 4.69) is 30.0 Å². The van der Waals surface area contributed by atoms with Crippen LogP contribution in [0.25, 0.3) is 11.0 Å². The zero-order chi connectivity index (χ0) is 15.2. The largest absolute Gasteiger partial charge is 0.309 e. The smallest absolute Gasteiger partial charge is 0.262 e. The van der Waals surface area contributed by atoms with Crippen molar-refractivity contribution in [2.24, 2.45) is 0 Å². The number of hydrogen-bond acceptors (Lipinski definition) is 6. The van der Waals surface area contributed by atoms with Gasteiger partial charge in [-0.2, -0.15) is 5.10 Å². The van der Waals surface area contributed by atoms with Crippen LogP contribution in [0.1, 0.15) is 38.0 Å². The Bertz CT molecular complexity index is 852. The van der Waals surface area contributed by atoms with Gasteiger partial charge in [0, 0.05) is 5.41 Å². The molecule has 8 nitrogen and oxygen atoms in total. The molecule has 0 atom stereocenters. The number of fused-ring (bicyclic) bond motifs is 1. The molecule has 3 heterocycles. The first-order chi connectivity index (χ1) is 9.86. The molecule has 0 saturated heterocycles. The fourth-order valence-electron chi connectivity index (χ4n) is 1.97. The summed E-state index contributed by atoms with van der Waals surface area (Å²) in [7, 11) is 0. The monoisotopic (exact) mass is 288 g/mol. The molecule has 0 unspecified atom stereocenters. The maximum absolute atomic E-state index is 12.1. The van der Waals surface area contributed by atoms with Crippen molar-refractivity contribution in [1.29, 1.82) is 0 Å². The van der Waals surface area contributed by atoms with Gasteiger partial charge in [0.05, 0.1) is 12.7 Å². The van der Waals surface area contributed by atoms with Crippen LogP contribution >= 0.6 is 0 Å². The van der Waals surface area contributed by atoms with Gasteiger partial charge in [0.25, 0.3) is 5.56 Å². The number of nitrogens with one attached hydrogen (secondary N) is 1. The minimum atomic E-state index is -0.256. The SMILES string of the molecule is Cc1nonc1Cn1ncc2c(=O)[nH]c(C(C)(C)C)nc21. The molecule has 3 aromatic heterocycles. The van der Waals surface area contributed by atoms with E-state index in [9.17, 15) is 4.79 Å². The van der Waals surface area contributed by atoms with Crippen molar-refractivity contribution in [2.45, 2.75) is 39.7 Å². The van der Waals surface area contributed by atoms with E-state index in [4.69, 9.17) is 0 Å². The van der Waals surface area contributed by atoms with E-state index in [1.807, 2.05) is 20.8 Å². The van der Waals surface area contributed by atoms with Gasteiger partial charge < -0.3 is 4.98 Å². The van der Waals surface area contributed by atoms with Crippen LogP contribution in [0.4, 0.5) is 0 Å². The van der Waals surface area contributed by atoms with Crippen LogP contribution in [0.2, 0.25) is 0 Å². The number of aromatic nitrogens is 6. The summed E-state index contributed by atoms with van der Waals surface area (Å²) in [4.78, 5) is 19.5. The summed E-state index contributed by atoms with van der Waals surface area (Å²) in [6, 6.07) is 0. The first-order valence-electron chi connectivity index (χ1n) is 6.60. The molecular weight excluding hydrogens is 272 g/mol. The van der Waals surface area contributed by atoms with Crippen LogP contribution < -0.4 is 5.56 Å². The molecule has 0 aliphatic rings. The molecule has 3 rings (SSSR count). The molecule has 0 amide bonds. The summed E-state index contributed by atoms with van der Waals surface area (Å²) in [5, 5.41) is 12.2. The first kappa shape index (κ1) is 13.5. The third-order valence-corrected chi connectivity index (χ3v) is 3.26. The molecule has 0 radical (unpaired) electrons.